The number of alkyl halides is 3. The molecule has 198 valence electrons. The van der Waals surface area contributed by atoms with Crippen LogP contribution in [0, 0.1) is 5.92 Å². The molecule has 0 spiro atoms. The molecule has 0 bridgehead atoms. The highest BCUT2D eigenvalue weighted by molar-refractivity contribution is 5.82. The third-order valence-electron chi connectivity index (χ3n) is 7.21. The molecule has 5 rings (SSSR count). The van der Waals surface area contributed by atoms with E-state index in [2.05, 4.69) is 4.98 Å². The molecule has 1 heterocycles. The predicted octanol–water partition coefficient (Wildman–Crippen LogP) is 5.78. The van der Waals surface area contributed by atoms with Gasteiger partial charge < -0.3 is 9.64 Å². The second-order valence-corrected chi connectivity index (χ2v) is 10.0. The number of hydrogen-bond donors (Lipinski definition) is 0. The van der Waals surface area contributed by atoms with Crippen LogP contribution in [0.5, 0.6) is 0 Å². The highest BCUT2D eigenvalue weighted by atomic mass is 19.4. The molecule has 5 nitrogen and oxygen atoms in total. The highest BCUT2D eigenvalue weighted by Gasteiger charge is 2.39. The lowest BCUT2D eigenvalue weighted by molar-refractivity contribution is -0.142. The van der Waals surface area contributed by atoms with Crippen molar-refractivity contribution >= 4 is 11.9 Å². The van der Waals surface area contributed by atoms with Crippen molar-refractivity contribution in [2.24, 2.45) is 5.92 Å². The Balaban J connectivity index is 1.51. The van der Waals surface area contributed by atoms with Crippen LogP contribution >= 0.6 is 0 Å². The Morgan fingerprint density at radius 1 is 1.03 bits per heavy atom. The molecule has 0 atom stereocenters. The van der Waals surface area contributed by atoms with E-state index in [1.54, 1.807) is 30.3 Å². The summed E-state index contributed by atoms with van der Waals surface area (Å²) in [6.07, 6.45) is 1.58. The van der Waals surface area contributed by atoms with Gasteiger partial charge in [0.1, 0.15) is 0 Å². The van der Waals surface area contributed by atoms with E-state index in [0.29, 0.717) is 35.1 Å². The molecule has 1 saturated carbocycles. The summed E-state index contributed by atoms with van der Waals surface area (Å²) in [4.78, 5) is 31.5. The number of nitrogens with zero attached hydrogens (tertiary/aromatic N) is 2. The van der Waals surface area contributed by atoms with Crippen molar-refractivity contribution < 1.29 is 27.5 Å². The quantitative estimate of drug-likeness (QED) is 0.352. The molecule has 1 amide bonds. The Morgan fingerprint density at radius 2 is 1.74 bits per heavy atom. The minimum Gasteiger partial charge on any atom is -0.466 e. The van der Waals surface area contributed by atoms with Gasteiger partial charge in [-0.2, -0.15) is 13.2 Å². The van der Waals surface area contributed by atoms with E-state index < -0.39 is 17.7 Å². The van der Waals surface area contributed by atoms with Gasteiger partial charge in [-0.3, -0.25) is 14.6 Å². The van der Waals surface area contributed by atoms with Crippen molar-refractivity contribution in [3.05, 3.63) is 88.7 Å². The minimum absolute atomic E-state index is 0.000328. The molecule has 8 heteroatoms. The monoisotopic (exact) mass is 522 g/mol. The van der Waals surface area contributed by atoms with Crippen LogP contribution in [0.4, 0.5) is 13.2 Å². The Bertz CT molecular complexity index is 1330. The fraction of sp³-hybridized carbons (Fsp3) is 0.367. The average molecular weight is 523 g/mol. The number of esters is 1. The third-order valence-corrected chi connectivity index (χ3v) is 7.21. The fourth-order valence-corrected chi connectivity index (χ4v) is 5.18. The van der Waals surface area contributed by atoms with Crippen LogP contribution in [0.3, 0.4) is 0 Å². The Kier molecular flexibility index (Phi) is 7.23. The largest absolute Gasteiger partial charge is 0.466 e. The molecular formula is C30H29F3N2O3. The first kappa shape index (κ1) is 25.9. The topological polar surface area (TPSA) is 59.5 Å². The number of rotatable bonds is 8. The SMILES string of the molecule is CCOC(=O)Cc1cncc(-c2ccc(C(F)(F)F)cc2CN(C(=O)C2CC2)C2Cc3ccccc3C2)c1. The van der Waals surface area contributed by atoms with Crippen molar-refractivity contribution in [3.8, 4) is 11.1 Å². The maximum Gasteiger partial charge on any atom is 0.416 e. The average Bonchev–Trinajstić information content (AvgIpc) is 3.65. The van der Waals surface area contributed by atoms with E-state index in [4.69, 9.17) is 4.74 Å². The first-order chi connectivity index (χ1) is 18.2. The van der Waals surface area contributed by atoms with Gasteiger partial charge in [0.15, 0.2) is 0 Å². The summed E-state index contributed by atoms with van der Waals surface area (Å²) in [6.45, 7) is 2.04. The van der Waals surface area contributed by atoms with Gasteiger partial charge in [0, 0.05) is 36.5 Å². The van der Waals surface area contributed by atoms with Crippen molar-refractivity contribution in [2.45, 2.75) is 57.8 Å². The molecule has 0 radical (unpaired) electrons. The van der Waals surface area contributed by atoms with Crippen LogP contribution in [-0.2, 0) is 46.3 Å². The van der Waals surface area contributed by atoms with E-state index in [1.165, 1.54) is 17.2 Å². The number of halogens is 3. The van der Waals surface area contributed by atoms with E-state index in [-0.39, 0.29) is 37.4 Å². The Morgan fingerprint density at radius 3 is 2.37 bits per heavy atom. The van der Waals surface area contributed by atoms with Gasteiger partial charge in [0.25, 0.3) is 0 Å². The number of pyridine rings is 1. The zero-order valence-electron chi connectivity index (χ0n) is 21.1. The van der Waals surface area contributed by atoms with E-state index >= 15 is 0 Å². The number of benzene rings is 2. The van der Waals surface area contributed by atoms with Crippen molar-refractivity contribution in [2.75, 3.05) is 6.61 Å². The van der Waals surface area contributed by atoms with Crippen LogP contribution < -0.4 is 0 Å². The van der Waals surface area contributed by atoms with E-state index in [1.807, 2.05) is 24.3 Å². The number of fused-ring (bicyclic) bond motifs is 1. The molecule has 2 aliphatic rings. The minimum atomic E-state index is -4.52. The molecule has 2 aromatic carbocycles. The molecule has 1 fully saturated rings. The standard InChI is InChI=1S/C30H29F3N2O3/c1-2-38-28(36)12-19-11-23(17-34-16-19)27-10-9-25(30(31,32)33)13-24(27)18-35(29(37)20-7-8-20)26-14-21-5-3-4-6-22(21)15-26/h3-6,9-11,13,16-17,20,26H,2,7-8,12,14-15,18H2,1H3. The number of ether oxygens (including phenoxy) is 1. The van der Waals surface area contributed by atoms with Gasteiger partial charge in [-0.15, -0.1) is 0 Å². The summed E-state index contributed by atoms with van der Waals surface area (Å²) >= 11 is 0. The van der Waals surface area contributed by atoms with Gasteiger partial charge in [0.2, 0.25) is 5.91 Å². The second-order valence-electron chi connectivity index (χ2n) is 10.0. The number of hydrogen-bond acceptors (Lipinski definition) is 4. The Labute approximate surface area is 219 Å². The van der Waals surface area contributed by atoms with Gasteiger partial charge in [0.05, 0.1) is 18.6 Å². The smallest absolute Gasteiger partial charge is 0.416 e. The van der Waals surface area contributed by atoms with Crippen LogP contribution in [0.1, 0.15) is 47.6 Å². The van der Waals surface area contributed by atoms with Gasteiger partial charge in [-0.05, 0) is 78.6 Å². The molecule has 0 unspecified atom stereocenters. The fourth-order valence-electron chi connectivity index (χ4n) is 5.18. The summed E-state index contributed by atoms with van der Waals surface area (Å²) in [6, 6.07) is 13.3. The molecule has 38 heavy (non-hydrogen) atoms. The number of aromatic nitrogens is 1. The Hall–Kier alpha value is -3.68. The zero-order chi connectivity index (χ0) is 26.9. The second kappa shape index (κ2) is 10.6. The first-order valence-corrected chi connectivity index (χ1v) is 12.9. The van der Waals surface area contributed by atoms with Gasteiger partial charge in [-0.25, -0.2) is 0 Å². The van der Waals surface area contributed by atoms with Gasteiger partial charge >= 0.3 is 12.1 Å². The van der Waals surface area contributed by atoms with E-state index in [9.17, 15) is 22.8 Å². The van der Waals surface area contributed by atoms with Crippen LogP contribution in [0.15, 0.2) is 60.9 Å². The molecule has 0 saturated heterocycles. The number of carbonyl (C=O) groups excluding carboxylic acids is 2. The number of carbonyl (C=O) groups is 2. The maximum absolute atomic E-state index is 13.8. The van der Waals surface area contributed by atoms with Crippen LogP contribution in [0.2, 0.25) is 0 Å². The molecule has 3 aromatic rings. The summed E-state index contributed by atoms with van der Waals surface area (Å²) in [5.41, 5.74) is 3.73. The molecule has 2 aliphatic carbocycles. The predicted molar refractivity (Wildman–Crippen MR) is 136 cm³/mol. The molecule has 0 aliphatic heterocycles. The summed E-state index contributed by atoms with van der Waals surface area (Å²) in [7, 11) is 0. The maximum atomic E-state index is 13.8. The van der Waals surface area contributed by atoms with Crippen molar-refractivity contribution in [1.82, 2.24) is 9.88 Å². The molecule has 0 N–H and O–H groups in total. The lowest BCUT2D eigenvalue weighted by Crippen LogP contribution is -2.41. The highest BCUT2D eigenvalue weighted by Crippen LogP contribution is 2.38. The van der Waals surface area contributed by atoms with E-state index in [0.717, 1.165) is 25.0 Å². The number of amides is 1. The zero-order valence-corrected chi connectivity index (χ0v) is 21.1. The van der Waals surface area contributed by atoms with Crippen LogP contribution in [-0.4, -0.2) is 34.4 Å². The van der Waals surface area contributed by atoms with Crippen LogP contribution in [0.25, 0.3) is 11.1 Å². The molecular weight excluding hydrogens is 493 g/mol. The van der Waals surface area contributed by atoms with Gasteiger partial charge in [-0.1, -0.05) is 30.3 Å². The van der Waals surface area contributed by atoms with Crippen molar-refractivity contribution in [3.63, 3.8) is 0 Å². The summed E-state index contributed by atoms with van der Waals surface area (Å²) in [5, 5.41) is 0. The first-order valence-electron chi connectivity index (χ1n) is 12.9. The van der Waals surface area contributed by atoms with Crippen molar-refractivity contribution in [1.29, 1.82) is 0 Å². The summed E-state index contributed by atoms with van der Waals surface area (Å²) in [5.74, 6) is -0.469. The molecule has 1 aromatic heterocycles. The normalized spacial score (nSPS) is 15.3. The lowest BCUT2D eigenvalue weighted by Gasteiger charge is -2.30. The summed E-state index contributed by atoms with van der Waals surface area (Å²) < 4.78 is 46.3. The third kappa shape index (κ3) is 5.74. The lowest BCUT2D eigenvalue weighted by atomic mass is 9.96.